The Morgan fingerprint density at radius 3 is 2.76 bits per heavy atom. The van der Waals surface area contributed by atoms with Gasteiger partial charge in [0.15, 0.2) is 18.2 Å². The Morgan fingerprint density at radius 1 is 1.00 bits per heavy atom. The van der Waals surface area contributed by atoms with Gasteiger partial charge in [-0.2, -0.15) is 4.57 Å². The monoisotopic (exact) mass is 380 g/mol. The van der Waals surface area contributed by atoms with Crippen LogP contribution >= 0.6 is 0 Å². The first-order chi connectivity index (χ1) is 14.4. The molecule has 0 bridgehead atoms. The predicted molar refractivity (Wildman–Crippen MR) is 108 cm³/mol. The van der Waals surface area contributed by atoms with Crippen molar-refractivity contribution in [2.24, 2.45) is 0 Å². The second kappa shape index (κ2) is 6.34. The molecule has 1 aliphatic rings. The summed E-state index contributed by atoms with van der Waals surface area (Å²) in [5.41, 5.74) is 5.14. The Balaban J connectivity index is 1.35. The van der Waals surface area contributed by atoms with Crippen molar-refractivity contribution < 1.29 is 4.57 Å². The zero-order chi connectivity index (χ0) is 19.2. The van der Waals surface area contributed by atoms with Crippen molar-refractivity contribution in [2.45, 2.75) is 18.9 Å². The molecule has 0 amide bonds. The normalized spacial score (nSPS) is 13.8. The van der Waals surface area contributed by atoms with Gasteiger partial charge in [0.25, 0.3) is 0 Å². The first kappa shape index (κ1) is 16.1. The van der Waals surface area contributed by atoms with Gasteiger partial charge in [0, 0.05) is 42.1 Å². The molecule has 0 unspecified atom stereocenters. The van der Waals surface area contributed by atoms with Crippen LogP contribution in [0.1, 0.15) is 18.9 Å². The third-order valence-corrected chi connectivity index (χ3v) is 5.36. The number of hydrogen-bond acceptors (Lipinski definition) is 4. The minimum atomic E-state index is 0.552. The molecule has 1 aliphatic carbocycles. The molecule has 29 heavy (non-hydrogen) atoms. The van der Waals surface area contributed by atoms with Crippen molar-refractivity contribution in [3.05, 3.63) is 79.9 Å². The van der Waals surface area contributed by atoms with E-state index in [1.807, 2.05) is 18.7 Å². The average Bonchev–Trinajstić information content (AvgIpc) is 3.34. The number of rotatable bonds is 4. The predicted octanol–water partition coefficient (Wildman–Crippen LogP) is 3.29. The molecule has 0 N–H and O–H groups in total. The summed E-state index contributed by atoms with van der Waals surface area (Å²) in [5, 5.41) is 8.47. The SMILES string of the molecule is c1cc(-c2nncn2C2CC2)cc(-[n+]2ccc(-n3cnc4cnccc43)cc2)c1. The molecule has 1 fully saturated rings. The fourth-order valence-electron chi connectivity index (χ4n) is 3.70. The number of imidazole rings is 1. The van der Waals surface area contributed by atoms with Crippen LogP contribution in [0.15, 0.2) is 79.9 Å². The number of benzene rings is 1. The van der Waals surface area contributed by atoms with E-state index in [4.69, 9.17) is 0 Å². The van der Waals surface area contributed by atoms with Crippen LogP contribution in [-0.2, 0) is 0 Å². The van der Waals surface area contributed by atoms with Crippen LogP contribution in [-0.4, -0.2) is 29.3 Å². The van der Waals surface area contributed by atoms with E-state index in [1.165, 1.54) is 12.8 Å². The molecule has 6 rings (SSSR count). The van der Waals surface area contributed by atoms with E-state index in [1.54, 1.807) is 12.4 Å². The summed E-state index contributed by atoms with van der Waals surface area (Å²) in [7, 11) is 0. The molecule has 7 nitrogen and oxygen atoms in total. The summed E-state index contributed by atoms with van der Waals surface area (Å²) in [4.78, 5) is 8.55. The number of aromatic nitrogens is 7. The van der Waals surface area contributed by atoms with Crippen LogP contribution in [0.2, 0.25) is 0 Å². The summed E-state index contributed by atoms with van der Waals surface area (Å²) < 4.78 is 6.35. The third-order valence-electron chi connectivity index (χ3n) is 5.36. The third kappa shape index (κ3) is 2.79. The molecular formula is C22H18N7+. The van der Waals surface area contributed by atoms with Gasteiger partial charge in [0.1, 0.15) is 18.2 Å². The molecule has 7 heteroatoms. The maximum atomic E-state index is 4.42. The highest BCUT2D eigenvalue weighted by molar-refractivity contribution is 5.75. The van der Waals surface area contributed by atoms with Crippen molar-refractivity contribution in [3.63, 3.8) is 0 Å². The largest absolute Gasteiger partial charge is 0.310 e. The molecule has 1 aromatic carbocycles. The van der Waals surface area contributed by atoms with E-state index in [0.717, 1.165) is 33.8 Å². The van der Waals surface area contributed by atoms with E-state index < -0.39 is 0 Å². The van der Waals surface area contributed by atoms with E-state index in [0.29, 0.717) is 6.04 Å². The summed E-state index contributed by atoms with van der Waals surface area (Å²) >= 11 is 0. The summed E-state index contributed by atoms with van der Waals surface area (Å²) in [6.07, 6.45) is 13.8. The van der Waals surface area contributed by atoms with Crippen molar-refractivity contribution in [2.75, 3.05) is 0 Å². The van der Waals surface area contributed by atoms with Gasteiger partial charge >= 0.3 is 0 Å². The summed E-state index contributed by atoms with van der Waals surface area (Å²) in [6.45, 7) is 0. The van der Waals surface area contributed by atoms with E-state index in [-0.39, 0.29) is 0 Å². The van der Waals surface area contributed by atoms with Gasteiger partial charge in [-0.3, -0.25) is 9.55 Å². The second-order valence-corrected chi connectivity index (χ2v) is 7.29. The fraction of sp³-hybridized carbons (Fsp3) is 0.136. The van der Waals surface area contributed by atoms with Crippen LogP contribution in [0, 0.1) is 0 Å². The summed E-state index contributed by atoms with van der Waals surface area (Å²) in [5.74, 6) is 0.935. The maximum Gasteiger partial charge on any atom is 0.211 e. The molecular weight excluding hydrogens is 362 g/mol. The highest BCUT2D eigenvalue weighted by Crippen LogP contribution is 2.37. The maximum absolute atomic E-state index is 4.42. The zero-order valence-electron chi connectivity index (χ0n) is 15.6. The standard InChI is InChI=1S/C22H18N7/c1-2-16(22-26-25-15-29(22)17-4-5-17)12-19(3-1)27-10-7-18(8-11-27)28-14-24-20-13-23-9-6-21(20)28/h1-3,6-15,17H,4-5H2/q+1. The Kier molecular flexibility index (Phi) is 3.52. The topological polar surface area (TPSA) is 65.3 Å². The molecule has 0 atom stereocenters. The lowest BCUT2D eigenvalue weighted by Crippen LogP contribution is -2.29. The lowest BCUT2D eigenvalue weighted by Gasteiger charge is -2.06. The molecule has 4 heterocycles. The molecule has 5 aromatic rings. The quantitative estimate of drug-likeness (QED) is 0.449. The van der Waals surface area contributed by atoms with Crippen LogP contribution in [0.5, 0.6) is 0 Å². The van der Waals surface area contributed by atoms with Gasteiger partial charge in [-0.25, -0.2) is 4.98 Å². The minimum absolute atomic E-state index is 0.552. The van der Waals surface area contributed by atoms with Crippen molar-refractivity contribution in [3.8, 4) is 22.8 Å². The highest BCUT2D eigenvalue weighted by Gasteiger charge is 2.26. The molecule has 0 saturated heterocycles. The molecule has 0 spiro atoms. The fourth-order valence-corrected chi connectivity index (χ4v) is 3.70. The van der Waals surface area contributed by atoms with E-state index >= 15 is 0 Å². The first-order valence-corrected chi connectivity index (χ1v) is 9.66. The molecule has 140 valence electrons. The lowest BCUT2D eigenvalue weighted by atomic mass is 10.2. The van der Waals surface area contributed by atoms with Crippen molar-refractivity contribution in [1.82, 2.24) is 29.3 Å². The van der Waals surface area contributed by atoms with Gasteiger partial charge in [0.2, 0.25) is 5.69 Å². The van der Waals surface area contributed by atoms with Crippen LogP contribution in [0.4, 0.5) is 0 Å². The Bertz CT molecular complexity index is 1310. The smallest absolute Gasteiger partial charge is 0.211 e. The average molecular weight is 380 g/mol. The highest BCUT2D eigenvalue weighted by atomic mass is 15.3. The van der Waals surface area contributed by atoms with Crippen LogP contribution < -0.4 is 4.57 Å². The number of fused-ring (bicyclic) bond motifs is 1. The zero-order valence-corrected chi connectivity index (χ0v) is 15.6. The van der Waals surface area contributed by atoms with Crippen molar-refractivity contribution in [1.29, 1.82) is 0 Å². The first-order valence-electron chi connectivity index (χ1n) is 9.66. The van der Waals surface area contributed by atoms with Gasteiger partial charge in [-0.15, -0.1) is 10.2 Å². The second-order valence-electron chi connectivity index (χ2n) is 7.29. The molecule has 0 aliphatic heterocycles. The van der Waals surface area contributed by atoms with Crippen LogP contribution in [0.25, 0.3) is 33.8 Å². The van der Waals surface area contributed by atoms with Gasteiger partial charge in [-0.05, 0) is 18.9 Å². The summed E-state index contributed by atoms with van der Waals surface area (Å²) in [6, 6.07) is 15.1. The Labute approximate surface area is 166 Å². The van der Waals surface area contributed by atoms with Crippen LogP contribution in [0.3, 0.4) is 0 Å². The minimum Gasteiger partial charge on any atom is -0.310 e. The van der Waals surface area contributed by atoms with E-state index in [2.05, 4.69) is 82.7 Å². The number of nitrogens with zero attached hydrogens (tertiary/aromatic N) is 7. The van der Waals surface area contributed by atoms with E-state index in [9.17, 15) is 0 Å². The van der Waals surface area contributed by atoms with Gasteiger partial charge in [0.05, 0.1) is 17.4 Å². The Hall–Kier alpha value is -3.87. The Morgan fingerprint density at radius 2 is 1.90 bits per heavy atom. The van der Waals surface area contributed by atoms with Gasteiger partial charge in [-0.1, -0.05) is 12.1 Å². The van der Waals surface area contributed by atoms with Crippen molar-refractivity contribution >= 4 is 11.0 Å². The number of hydrogen-bond donors (Lipinski definition) is 0. The van der Waals surface area contributed by atoms with Gasteiger partial charge < -0.3 is 4.57 Å². The lowest BCUT2D eigenvalue weighted by molar-refractivity contribution is -0.595. The number of pyridine rings is 2. The molecule has 1 saturated carbocycles. The molecule has 0 radical (unpaired) electrons. The molecule has 4 aromatic heterocycles.